The van der Waals surface area contributed by atoms with Crippen LogP contribution in [0.15, 0.2) is 0 Å². The van der Waals surface area contributed by atoms with E-state index < -0.39 is 26.7 Å². The summed E-state index contributed by atoms with van der Waals surface area (Å²) in [7, 11) is -3.67. The van der Waals surface area contributed by atoms with Gasteiger partial charge in [0, 0.05) is 11.8 Å². The highest BCUT2D eigenvalue weighted by atomic mass is 35.5. The van der Waals surface area contributed by atoms with Gasteiger partial charge in [-0.3, -0.25) is 4.79 Å². The summed E-state index contributed by atoms with van der Waals surface area (Å²) in [6.45, 7) is 1.92. The van der Waals surface area contributed by atoms with Crippen LogP contribution in [0, 0.1) is 5.92 Å². The van der Waals surface area contributed by atoms with E-state index in [1.54, 1.807) is 0 Å². The number of hydrogen-bond acceptors (Lipinski definition) is 4. The van der Waals surface area contributed by atoms with Gasteiger partial charge >= 0.3 is 0 Å². The molecule has 0 saturated heterocycles. The lowest BCUT2D eigenvalue weighted by Crippen LogP contribution is -2.46. The lowest BCUT2D eigenvalue weighted by atomic mass is 10.2. The number of amides is 1. The average Bonchev–Trinajstić information content (AvgIpc) is 3.09. The number of rotatable bonds is 4. The normalized spacial score (nSPS) is 33.6. The molecule has 92 valence electrons. The van der Waals surface area contributed by atoms with Gasteiger partial charge in [-0.15, -0.1) is 3.82 Å². The summed E-state index contributed by atoms with van der Waals surface area (Å²) >= 11 is 5.62. The second-order valence-corrected chi connectivity index (χ2v) is 7.21. The molecule has 7 heteroatoms. The Bertz CT molecular complexity index is 420. The zero-order chi connectivity index (χ0) is 12.1. The second kappa shape index (κ2) is 3.58. The minimum absolute atomic E-state index is 0.0515. The Kier molecular flexibility index (Phi) is 2.72. The molecule has 2 aliphatic rings. The van der Waals surface area contributed by atoms with Gasteiger partial charge in [-0.2, -0.15) is 0 Å². The van der Waals surface area contributed by atoms with E-state index in [1.807, 2.05) is 6.92 Å². The van der Waals surface area contributed by atoms with Crippen LogP contribution in [0.2, 0.25) is 0 Å². The molecule has 0 unspecified atom stereocenters. The zero-order valence-corrected chi connectivity index (χ0v) is 10.6. The summed E-state index contributed by atoms with van der Waals surface area (Å²) in [6.07, 6.45) is 2.43. The number of carbonyl (C=O) groups is 1. The zero-order valence-electron chi connectivity index (χ0n) is 9.02. The Morgan fingerprint density at radius 3 is 2.50 bits per heavy atom. The second-order valence-electron chi connectivity index (χ2n) is 4.61. The van der Waals surface area contributed by atoms with Gasteiger partial charge in [0.05, 0.1) is 5.25 Å². The van der Waals surface area contributed by atoms with Crippen LogP contribution >= 0.6 is 11.8 Å². The minimum Gasteiger partial charge on any atom is -0.317 e. The molecular weight excluding hydrogens is 252 g/mol. The number of hydrogen-bond donors (Lipinski definition) is 1. The number of nitrogens with two attached hydrogens (primary N) is 1. The molecule has 0 radical (unpaired) electrons. The number of nitrogens with zero attached hydrogens (tertiary/aromatic N) is 1. The summed E-state index contributed by atoms with van der Waals surface area (Å²) in [5.74, 6) is -0.622. The van der Waals surface area contributed by atoms with Gasteiger partial charge < -0.3 is 5.73 Å². The van der Waals surface area contributed by atoms with Gasteiger partial charge in [0.1, 0.15) is 5.54 Å². The largest absolute Gasteiger partial charge is 0.317 e. The van der Waals surface area contributed by atoms with E-state index in [1.165, 1.54) is 0 Å². The first-order valence-electron chi connectivity index (χ1n) is 5.37. The molecule has 2 saturated carbocycles. The summed E-state index contributed by atoms with van der Waals surface area (Å²) in [5.41, 5.74) is 4.77. The van der Waals surface area contributed by atoms with Crippen molar-refractivity contribution in [2.24, 2.45) is 11.7 Å². The van der Waals surface area contributed by atoms with E-state index in [0.29, 0.717) is 23.1 Å². The third-order valence-electron chi connectivity index (χ3n) is 3.37. The summed E-state index contributed by atoms with van der Waals surface area (Å²) < 4.78 is 23.8. The van der Waals surface area contributed by atoms with Crippen LogP contribution in [0.5, 0.6) is 0 Å². The molecule has 0 aromatic rings. The maximum absolute atomic E-state index is 11.9. The van der Waals surface area contributed by atoms with Gasteiger partial charge in [-0.05, 0) is 25.2 Å². The summed E-state index contributed by atoms with van der Waals surface area (Å²) in [4.78, 5) is 11.9. The van der Waals surface area contributed by atoms with Crippen LogP contribution in [-0.4, -0.2) is 28.9 Å². The molecule has 1 amide bonds. The Labute approximate surface area is 100 Å². The van der Waals surface area contributed by atoms with Crippen molar-refractivity contribution in [2.45, 2.75) is 43.4 Å². The van der Waals surface area contributed by atoms with Crippen molar-refractivity contribution in [3.05, 3.63) is 0 Å². The van der Waals surface area contributed by atoms with Gasteiger partial charge in [-0.25, -0.2) is 8.42 Å². The van der Waals surface area contributed by atoms with Crippen LogP contribution in [0.3, 0.4) is 0 Å². The molecule has 0 aromatic carbocycles. The van der Waals surface area contributed by atoms with Crippen LogP contribution in [0.1, 0.15) is 32.6 Å². The van der Waals surface area contributed by atoms with Crippen LogP contribution in [-0.2, 0) is 14.8 Å². The SMILES string of the molecule is CC[C@@H]1C[C@]1(N)C(=O)N(Cl)S(=O)(=O)C1CC1. The highest BCUT2D eigenvalue weighted by molar-refractivity contribution is 7.91. The van der Waals surface area contributed by atoms with Crippen LogP contribution in [0.4, 0.5) is 0 Å². The molecule has 16 heavy (non-hydrogen) atoms. The van der Waals surface area contributed by atoms with E-state index in [4.69, 9.17) is 17.5 Å². The Morgan fingerprint density at radius 2 is 2.12 bits per heavy atom. The van der Waals surface area contributed by atoms with Crippen LogP contribution in [0.25, 0.3) is 0 Å². The fraction of sp³-hybridized carbons (Fsp3) is 0.889. The third kappa shape index (κ3) is 1.72. The Morgan fingerprint density at radius 1 is 1.56 bits per heavy atom. The number of halogens is 1. The molecule has 2 atom stereocenters. The highest BCUT2D eigenvalue weighted by Crippen LogP contribution is 2.46. The molecule has 5 nitrogen and oxygen atoms in total. The highest BCUT2D eigenvalue weighted by Gasteiger charge is 2.59. The van der Waals surface area contributed by atoms with Crippen molar-refractivity contribution in [2.75, 3.05) is 0 Å². The topological polar surface area (TPSA) is 80.5 Å². The fourth-order valence-corrected chi connectivity index (χ4v) is 3.79. The molecule has 2 N–H and O–H groups in total. The van der Waals surface area contributed by atoms with E-state index >= 15 is 0 Å². The van der Waals surface area contributed by atoms with E-state index in [0.717, 1.165) is 6.42 Å². The minimum atomic E-state index is -3.67. The van der Waals surface area contributed by atoms with Crippen molar-refractivity contribution in [3.63, 3.8) is 0 Å². The van der Waals surface area contributed by atoms with Gasteiger partial charge in [0.2, 0.25) is 0 Å². The molecule has 0 spiro atoms. The van der Waals surface area contributed by atoms with E-state index in [-0.39, 0.29) is 5.92 Å². The molecule has 2 fully saturated rings. The quantitative estimate of drug-likeness (QED) is 0.755. The van der Waals surface area contributed by atoms with Gasteiger partial charge in [-0.1, -0.05) is 13.3 Å². The maximum Gasteiger partial charge on any atom is 0.271 e. The van der Waals surface area contributed by atoms with E-state index in [2.05, 4.69) is 0 Å². The first-order chi connectivity index (χ1) is 7.34. The van der Waals surface area contributed by atoms with Crippen molar-refractivity contribution in [1.82, 2.24) is 3.82 Å². The summed E-state index contributed by atoms with van der Waals surface area (Å²) in [6, 6.07) is 0. The third-order valence-corrected chi connectivity index (χ3v) is 6.03. The fourth-order valence-electron chi connectivity index (χ4n) is 1.90. The van der Waals surface area contributed by atoms with Gasteiger partial charge in [0.25, 0.3) is 15.9 Å². The first kappa shape index (κ1) is 12.1. The van der Waals surface area contributed by atoms with Crippen LogP contribution < -0.4 is 5.73 Å². The summed E-state index contributed by atoms with van der Waals surface area (Å²) in [5, 5.41) is -0.489. The molecule has 2 rings (SSSR count). The first-order valence-corrected chi connectivity index (χ1v) is 7.21. The lowest BCUT2D eigenvalue weighted by Gasteiger charge is -2.18. The predicted octanol–water partition coefficient (Wildman–Crippen LogP) is 0.588. The molecule has 2 aliphatic carbocycles. The van der Waals surface area contributed by atoms with Crippen molar-refractivity contribution < 1.29 is 13.2 Å². The van der Waals surface area contributed by atoms with Crippen molar-refractivity contribution in [3.8, 4) is 0 Å². The number of sulfonamides is 1. The van der Waals surface area contributed by atoms with Crippen molar-refractivity contribution >= 4 is 27.7 Å². The Hall–Kier alpha value is -0.330. The predicted molar refractivity (Wildman–Crippen MR) is 60.0 cm³/mol. The molecular formula is C9H15ClN2O3S. The maximum atomic E-state index is 11.9. The molecule has 0 aromatic heterocycles. The molecule has 0 heterocycles. The van der Waals surface area contributed by atoms with Gasteiger partial charge in [0.15, 0.2) is 0 Å². The Balaban J connectivity index is 2.11. The van der Waals surface area contributed by atoms with E-state index in [9.17, 15) is 13.2 Å². The monoisotopic (exact) mass is 266 g/mol. The molecule has 0 bridgehead atoms. The smallest absolute Gasteiger partial charge is 0.271 e. The number of carbonyl (C=O) groups excluding carboxylic acids is 1. The lowest BCUT2D eigenvalue weighted by molar-refractivity contribution is -0.126. The average molecular weight is 267 g/mol. The molecule has 0 aliphatic heterocycles. The standard InChI is InChI=1S/C9H15ClN2O3S/c1-2-6-5-9(6,11)8(13)12(10)16(14,15)7-3-4-7/h6-7H,2-5,11H2,1H3/t6-,9-/m1/s1. The van der Waals surface area contributed by atoms with Crippen molar-refractivity contribution in [1.29, 1.82) is 0 Å².